The Balaban J connectivity index is 1.86. The third-order valence-corrected chi connectivity index (χ3v) is 4.78. The van der Waals surface area contributed by atoms with Crippen molar-refractivity contribution in [2.24, 2.45) is 0 Å². The summed E-state index contributed by atoms with van der Waals surface area (Å²) in [5.41, 5.74) is 3.65. The number of para-hydroxylation sites is 1. The van der Waals surface area contributed by atoms with Crippen LogP contribution in [0.25, 0.3) is 10.9 Å². The number of aromatic nitrogens is 1. The highest BCUT2D eigenvalue weighted by atomic mass is 16.2. The van der Waals surface area contributed by atoms with Crippen LogP contribution in [0.3, 0.4) is 0 Å². The highest BCUT2D eigenvalue weighted by Gasteiger charge is 2.39. The molecule has 0 radical (unpaired) electrons. The molecule has 1 atom stereocenters. The molecule has 5 nitrogen and oxygen atoms in total. The molecule has 2 heterocycles. The standard InChI is InChI=1S/C20H19N3O2/c1-22(2)18(24)12-23-19(14-8-3-4-9-15(14)20(23)25)16-11-21-17-10-6-5-7-13(16)17/h3-11,19,21H,12H2,1-2H3. The number of H-pyrrole nitrogens is 1. The molecule has 4 rings (SSSR count). The van der Waals surface area contributed by atoms with Crippen LogP contribution in [0.15, 0.2) is 54.7 Å². The van der Waals surface area contributed by atoms with Crippen LogP contribution in [0.4, 0.5) is 0 Å². The van der Waals surface area contributed by atoms with Gasteiger partial charge >= 0.3 is 0 Å². The summed E-state index contributed by atoms with van der Waals surface area (Å²) < 4.78 is 0. The molecular formula is C20H19N3O2. The number of rotatable bonds is 3. The molecule has 2 amide bonds. The number of carbonyl (C=O) groups is 2. The van der Waals surface area contributed by atoms with Gasteiger partial charge in [0.05, 0.1) is 6.04 Å². The molecule has 0 saturated carbocycles. The van der Waals surface area contributed by atoms with E-state index in [9.17, 15) is 9.59 Å². The van der Waals surface area contributed by atoms with Gasteiger partial charge in [0.25, 0.3) is 5.91 Å². The van der Waals surface area contributed by atoms with E-state index < -0.39 is 0 Å². The van der Waals surface area contributed by atoms with E-state index in [1.54, 1.807) is 19.0 Å². The molecular weight excluding hydrogens is 314 g/mol. The largest absolute Gasteiger partial charge is 0.361 e. The Morgan fingerprint density at radius 2 is 1.80 bits per heavy atom. The van der Waals surface area contributed by atoms with Crippen molar-refractivity contribution < 1.29 is 9.59 Å². The average Bonchev–Trinajstić information content (AvgIpc) is 3.15. The maximum absolute atomic E-state index is 12.9. The van der Waals surface area contributed by atoms with Crippen LogP contribution in [0, 0.1) is 0 Å². The lowest BCUT2D eigenvalue weighted by atomic mass is 9.97. The number of carbonyl (C=O) groups excluding carboxylic acids is 2. The monoisotopic (exact) mass is 333 g/mol. The summed E-state index contributed by atoms with van der Waals surface area (Å²) in [6.45, 7) is 0.0602. The van der Waals surface area contributed by atoms with Crippen LogP contribution >= 0.6 is 0 Å². The smallest absolute Gasteiger partial charge is 0.255 e. The van der Waals surface area contributed by atoms with Crippen LogP contribution in [0.2, 0.25) is 0 Å². The van der Waals surface area contributed by atoms with Crippen LogP contribution < -0.4 is 0 Å². The second-order valence-corrected chi connectivity index (χ2v) is 6.50. The predicted octanol–water partition coefficient (Wildman–Crippen LogP) is 2.80. The SMILES string of the molecule is CN(C)C(=O)CN1C(=O)c2ccccc2C1c1c[nH]c2ccccc12. The fraction of sp³-hybridized carbons (Fsp3) is 0.200. The van der Waals surface area contributed by atoms with Gasteiger partial charge in [-0.3, -0.25) is 9.59 Å². The summed E-state index contributed by atoms with van der Waals surface area (Å²) in [4.78, 5) is 31.7. The van der Waals surface area contributed by atoms with E-state index in [1.165, 1.54) is 4.90 Å². The van der Waals surface area contributed by atoms with Crippen molar-refractivity contribution in [3.63, 3.8) is 0 Å². The molecule has 0 saturated heterocycles. The Hall–Kier alpha value is -3.08. The summed E-state index contributed by atoms with van der Waals surface area (Å²) >= 11 is 0. The topological polar surface area (TPSA) is 56.4 Å². The number of nitrogens with zero attached hydrogens (tertiary/aromatic N) is 2. The van der Waals surface area contributed by atoms with E-state index in [0.29, 0.717) is 5.56 Å². The van der Waals surface area contributed by atoms with Crippen LogP contribution in [0.1, 0.15) is 27.5 Å². The van der Waals surface area contributed by atoms with Crippen molar-refractivity contribution in [3.05, 3.63) is 71.4 Å². The zero-order valence-corrected chi connectivity index (χ0v) is 14.2. The van der Waals surface area contributed by atoms with Gasteiger partial charge in [-0.25, -0.2) is 0 Å². The quantitative estimate of drug-likeness (QED) is 0.801. The lowest BCUT2D eigenvalue weighted by molar-refractivity contribution is -0.129. The number of benzene rings is 2. The Kier molecular flexibility index (Phi) is 3.57. The maximum Gasteiger partial charge on any atom is 0.255 e. The van der Waals surface area contributed by atoms with E-state index in [2.05, 4.69) is 4.98 Å². The third kappa shape index (κ3) is 2.39. The van der Waals surface area contributed by atoms with Crippen LogP contribution in [0.5, 0.6) is 0 Å². The fourth-order valence-electron chi connectivity index (χ4n) is 3.48. The van der Waals surface area contributed by atoms with Gasteiger partial charge in [0.15, 0.2) is 0 Å². The molecule has 3 aromatic rings. The molecule has 1 N–H and O–H groups in total. The molecule has 1 aromatic heterocycles. The lowest BCUT2D eigenvalue weighted by Crippen LogP contribution is -2.39. The first kappa shape index (κ1) is 15.4. The van der Waals surface area contributed by atoms with Crippen molar-refractivity contribution in [1.29, 1.82) is 0 Å². The zero-order valence-electron chi connectivity index (χ0n) is 14.2. The van der Waals surface area contributed by atoms with Crippen molar-refractivity contribution in [2.75, 3.05) is 20.6 Å². The number of fused-ring (bicyclic) bond motifs is 2. The Morgan fingerprint density at radius 1 is 1.08 bits per heavy atom. The van der Waals surface area contributed by atoms with Gasteiger partial charge in [-0.15, -0.1) is 0 Å². The zero-order chi connectivity index (χ0) is 17.6. The Morgan fingerprint density at radius 3 is 2.60 bits per heavy atom. The van der Waals surface area contributed by atoms with Gasteiger partial charge in [0, 0.05) is 42.3 Å². The minimum atomic E-state index is -0.260. The molecule has 0 spiro atoms. The number of likely N-dealkylation sites (N-methyl/N-ethyl adjacent to an activating group) is 1. The van der Waals surface area contributed by atoms with E-state index in [0.717, 1.165) is 22.0 Å². The van der Waals surface area contributed by atoms with Crippen molar-refractivity contribution in [3.8, 4) is 0 Å². The van der Waals surface area contributed by atoms with E-state index in [1.807, 2.05) is 54.7 Å². The van der Waals surface area contributed by atoms with E-state index in [4.69, 9.17) is 0 Å². The van der Waals surface area contributed by atoms with Crippen molar-refractivity contribution in [2.45, 2.75) is 6.04 Å². The molecule has 2 aromatic carbocycles. The molecule has 126 valence electrons. The summed E-state index contributed by atoms with van der Waals surface area (Å²) in [5.74, 6) is -0.188. The second kappa shape index (κ2) is 5.77. The first-order valence-electron chi connectivity index (χ1n) is 8.24. The highest BCUT2D eigenvalue weighted by Crippen LogP contribution is 2.40. The number of amides is 2. The number of hydrogen-bond donors (Lipinski definition) is 1. The van der Waals surface area contributed by atoms with Crippen molar-refractivity contribution >= 4 is 22.7 Å². The first-order valence-corrected chi connectivity index (χ1v) is 8.24. The molecule has 1 aliphatic rings. The maximum atomic E-state index is 12.9. The van der Waals surface area contributed by atoms with Gasteiger partial charge in [-0.2, -0.15) is 0 Å². The normalized spacial score (nSPS) is 16.3. The molecule has 1 unspecified atom stereocenters. The van der Waals surface area contributed by atoms with Crippen LogP contribution in [-0.4, -0.2) is 47.2 Å². The second-order valence-electron chi connectivity index (χ2n) is 6.50. The molecule has 0 fully saturated rings. The molecule has 5 heteroatoms. The predicted molar refractivity (Wildman–Crippen MR) is 96.3 cm³/mol. The van der Waals surface area contributed by atoms with E-state index >= 15 is 0 Å². The first-order chi connectivity index (χ1) is 12.1. The average molecular weight is 333 g/mol. The minimum absolute atomic E-state index is 0.0602. The lowest BCUT2D eigenvalue weighted by Gasteiger charge is -2.26. The summed E-state index contributed by atoms with van der Waals surface area (Å²) in [6.07, 6.45) is 1.94. The molecule has 0 bridgehead atoms. The highest BCUT2D eigenvalue weighted by molar-refractivity contribution is 6.02. The van der Waals surface area contributed by atoms with Gasteiger partial charge in [0.1, 0.15) is 6.54 Å². The van der Waals surface area contributed by atoms with E-state index in [-0.39, 0.29) is 24.4 Å². The minimum Gasteiger partial charge on any atom is -0.361 e. The van der Waals surface area contributed by atoms with Crippen LogP contribution in [-0.2, 0) is 4.79 Å². The number of aromatic amines is 1. The van der Waals surface area contributed by atoms with Gasteiger partial charge in [-0.1, -0.05) is 36.4 Å². The summed E-state index contributed by atoms with van der Waals surface area (Å²) in [7, 11) is 3.41. The number of nitrogens with one attached hydrogen (secondary N) is 1. The Bertz CT molecular complexity index is 974. The fourth-order valence-corrected chi connectivity index (χ4v) is 3.48. The molecule has 0 aliphatic carbocycles. The number of hydrogen-bond acceptors (Lipinski definition) is 2. The summed E-state index contributed by atoms with van der Waals surface area (Å²) in [5, 5.41) is 1.07. The Labute approximate surface area is 145 Å². The molecule has 25 heavy (non-hydrogen) atoms. The molecule has 1 aliphatic heterocycles. The third-order valence-electron chi connectivity index (χ3n) is 4.78. The van der Waals surface area contributed by atoms with Gasteiger partial charge in [-0.05, 0) is 17.7 Å². The van der Waals surface area contributed by atoms with Crippen molar-refractivity contribution in [1.82, 2.24) is 14.8 Å². The van der Waals surface area contributed by atoms with Gasteiger partial charge in [0.2, 0.25) is 5.91 Å². The van der Waals surface area contributed by atoms with Gasteiger partial charge < -0.3 is 14.8 Å². The summed E-state index contributed by atoms with van der Waals surface area (Å²) in [6, 6.07) is 15.4.